The van der Waals surface area contributed by atoms with Crippen LogP contribution in [0.2, 0.25) is 0 Å². The number of nitrogens with two attached hydrogens (primary N) is 1. The van der Waals surface area contributed by atoms with Crippen molar-refractivity contribution in [3.63, 3.8) is 0 Å². The number of rotatable bonds is 0. The molecule has 6 heteroatoms. The first-order valence-electron chi connectivity index (χ1n) is 3.76. The van der Waals surface area contributed by atoms with Gasteiger partial charge in [-0.15, -0.1) is 5.10 Å². The van der Waals surface area contributed by atoms with Crippen molar-refractivity contribution in [2.75, 3.05) is 5.73 Å². The molecule has 0 fully saturated rings. The minimum atomic E-state index is -1.15. The summed E-state index contributed by atoms with van der Waals surface area (Å²) < 4.78 is 1.64. The molecule has 72 valence electrons. The zero-order valence-corrected chi connectivity index (χ0v) is 8.52. The van der Waals surface area contributed by atoms with Gasteiger partial charge in [0.25, 0.3) is 0 Å². The summed E-state index contributed by atoms with van der Waals surface area (Å²) in [4.78, 5) is 10.8. The average molecular weight is 256 g/mol. The lowest BCUT2D eigenvalue weighted by Gasteiger charge is -1.95. The molecule has 0 atom stereocenters. The van der Waals surface area contributed by atoms with E-state index in [1.54, 1.807) is 18.2 Å². The fourth-order valence-electron chi connectivity index (χ4n) is 1.26. The van der Waals surface area contributed by atoms with Crippen LogP contribution in [0.5, 0.6) is 0 Å². The molecule has 0 saturated carbocycles. The van der Waals surface area contributed by atoms with E-state index in [0.29, 0.717) is 10.9 Å². The molecular weight excluding hydrogens is 250 g/mol. The Balaban J connectivity index is 2.85. The smallest absolute Gasteiger partial charge is 0.432 e. The minimum Gasteiger partial charge on any atom is -0.463 e. The Hall–Kier alpha value is -1.56. The third kappa shape index (κ3) is 1.24. The number of nitrogen functional groups attached to an aromatic ring is 1. The second-order valence-corrected chi connectivity index (χ2v) is 3.66. The number of hydrogen-bond donors (Lipinski definition) is 2. The number of carboxylic acid groups (broad SMARTS) is 1. The second kappa shape index (κ2) is 2.98. The van der Waals surface area contributed by atoms with E-state index in [9.17, 15) is 4.79 Å². The normalized spacial score (nSPS) is 10.6. The van der Waals surface area contributed by atoms with E-state index in [4.69, 9.17) is 10.8 Å². The quantitative estimate of drug-likeness (QED) is 0.754. The molecule has 1 heterocycles. The minimum absolute atomic E-state index is 0.218. The maximum atomic E-state index is 10.8. The molecule has 0 radical (unpaired) electrons. The average Bonchev–Trinajstić information content (AvgIpc) is 2.43. The van der Waals surface area contributed by atoms with E-state index >= 15 is 0 Å². The van der Waals surface area contributed by atoms with Crippen LogP contribution in [0.3, 0.4) is 0 Å². The van der Waals surface area contributed by atoms with E-state index in [-0.39, 0.29) is 5.82 Å². The Bertz CT molecular complexity index is 521. The van der Waals surface area contributed by atoms with Crippen molar-refractivity contribution < 1.29 is 9.90 Å². The van der Waals surface area contributed by atoms with Gasteiger partial charge in [0.05, 0.1) is 5.52 Å². The van der Waals surface area contributed by atoms with Crippen LogP contribution in [-0.2, 0) is 0 Å². The summed E-state index contributed by atoms with van der Waals surface area (Å²) >= 11 is 3.25. The van der Waals surface area contributed by atoms with E-state index < -0.39 is 6.09 Å². The van der Waals surface area contributed by atoms with Gasteiger partial charge in [-0.2, -0.15) is 4.68 Å². The number of halogens is 1. The van der Waals surface area contributed by atoms with Gasteiger partial charge in [0, 0.05) is 9.86 Å². The molecule has 0 bridgehead atoms. The van der Waals surface area contributed by atoms with Crippen LogP contribution in [0.25, 0.3) is 10.9 Å². The summed E-state index contributed by atoms with van der Waals surface area (Å²) in [5, 5.41) is 13.2. The third-order valence-corrected chi connectivity index (χ3v) is 2.35. The summed E-state index contributed by atoms with van der Waals surface area (Å²) in [5.74, 6) is 0.218. The van der Waals surface area contributed by atoms with Crippen LogP contribution in [0.15, 0.2) is 22.7 Å². The number of nitrogens with zero attached hydrogens (tertiary/aromatic N) is 2. The zero-order chi connectivity index (χ0) is 10.3. The molecule has 1 aromatic carbocycles. The molecule has 1 aromatic heterocycles. The predicted molar refractivity (Wildman–Crippen MR) is 55.3 cm³/mol. The first kappa shape index (κ1) is 9.01. The second-order valence-electron chi connectivity index (χ2n) is 2.74. The Morgan fingerprint density at radius 3 is 2.93 bits per heavy atom. The lowest BCUT2D eigenvalue weighted by molar-refractivity contribution is 0.194. The predicted octanol–water partition coefficient (Wildman–Crippen LogP) is 1.91. The van der Waals surface area contributed by atoms with Crippen molar-refractivity contribution in [1.82, 2.24) is 9.78 Å². The van der Waals surface area contributed by atoms with Gasteiger partial charge in [-0.25, -0.2) is 4.79 Å². The van der Waals surface area contributed by atoms with E-state index in [1.165, 1.54) is 0 Å². The molecule has 0 aliphatic rings. The van der Waals surface area contributed by atoms with Gasteiger partial charge in [0.15, 0.2) is 5.82 Å². The number of carbonyl (C=O) groups is 1. The molecule has 3 N–H and O–H groups in total. The topological polar surface area (TPSA) is 81.1 Å². The van der Waals surface area contributed by atoms with Crippen LogP contribution in [0, 0.1) is 0 Å². The highest BCUT2D eigenvalue weighted by atomic mass is 79.9. The van der Waals surface area contributed by atoms with Crippen LogP contribution in [0.1, 0.15) is 0 Å². The number of benzene rings is 1. The fourth-order valence-corrected chi connectivity index (χ4v) is 1.61. The molecule has 5 nitrogen and oxygen atoms in total. The van der Waals surface area contributed by atoms with Crippen molar-refractivity contribution >= 4 is 38.7 Å². The highest BCUT2D eigenvalue weighted by Crippen LogP contribution is 2.23. The molecule has 0 aliphatic carbocycles. The zero-order valence-electron chi connectivity index (χ0n) is 6.94. The van der Waals surface area contributed by atoms with Gasteiger partial charge in [-0.05, 0) is 18.2 Å². The van der Waals surface area contributed by atoms with Crippen LogP contribution in [0.4, 0.5) is 10.6 Å². The summed E-state index contributed by atoms with van der Waals surface area (Å²) in [5.41, 5.74) is 6.03. The Labute approximate surface area is 87.2 Å². The number of anilines is 1. The Morgan fingerprint density at radius 1 is 1.57 bits per heavy atom. The maximum absolute atomic E-state index is 10.8. The summed E-state index contributed by atoms with van der Waals surface area (Å²) in [6.07, 6.45) is -1.15. The molecule has 2 aromatic rings. The molecule has 0 saturated heterocycles. The number of hydrogen-bond acceptors (Lipinski definition) is 3. The monoisotopic (exact) mass is 255 g/mol. The van der Waals surface area contributed by atoms with Gasteiger partial charge in [0.1, 0.15) is 0 Å². The first-order chi connectivity index (χ1) is 6.59. The summed E-state index contributed by atoms with van der Waals surface area (Å²) in [6.45, 7) is 0. The van der Waals surface area contributed by atoms with Gasteiger partial charge in [-0.3, -0.25) is 0 Å². The van der Waals surface area contributed by atoms with Crippen LogP contribution >= 0.6 is 15.9 Å². The van der Waals surface area contributed by atoms with Crippen molar-refractivity contribution in [2.24, 2.45) is 0 Å². The number of aromatic nitrogens is 2. The standard InChI is InChI=1S/C8H6BrN3O2/c9-4-1-2-5-6(3-4)12(8(13)14)11-7(5)10/h1-3H,(H2,10,11)(H,13,14). The SMILES string of the molecule is Nc1nn(C(=O)O)c2cc(Br)ccc12. The number of fused-ring (bicyclic) bond motifs is 1. The van der Waals surface area contributed by atoms with Gasteiger partial charge in [0.2, 0.25) is 0 Å². The maximum Gasteiger partial charge on any atom is 0.432 e. The lowest BCUT2D eigenvalue weighted by atomic mass is 10.2. The third-order valence-electron chi connectivity index (χ3n) is 1.85. The van der Waals surface area contributed by atoms with Gasteiger partial charge < -0.3 is 10.8 Å². The molecular formula is C8H6BrN3O2. The molecule has 0 spiro atoms. The highest BCUT2D eigenvalue weighted by Gasteiger charge is 2.12. The van der Waals surface area contributed by atoms with Crippen molar-refractivity contribution in [1.29, 1.82) is 0 Å². The Kier molecular flexibility index (Phi) is 1.92. The van der Waals surface area contributed by atoms with E-state index in [0.717, 1.165) is 9.15 Å². The first-order valence-corrected chi connectivity index (χ1v) is 4.56. The summed E-state index contributed by atoms with van der Waals surface area (Å²) in [7, 11) is 0. The molecule has 0 amide bonds. The Morgan fingerprint density at radius 2 is 2.29 bits per heavy atom. The van der Waals surface area contributed by atoms with E-state index in [2.05, 4.69) is 21.0 Å². The fraction of sp³-hybridized carbons (Fsp3) is 0. The van der Waals surface area contributed by atoms with Crippen molar-refractivity contribution in [3.05, 3.63) is 22.7 Å². The molecule has 0 aliphatic heterocycles. The van der Waals surface area contributed by atoms with Gasteiger partial charge >= 0.3 is 6.09 Å². The van der Waals surface area contributed by atoms with Crippen molar-refractivity contribution in [2.45, 2.75) is 0 Å². The summed E-state index contributed by atoms with van der Waals surface area (Å²) in [6, 6.07) is 5.17. The lowest BCUT2D eigenvalue weighted by Crippen LogP contribution is -2.09. The molecule has 0 unspecified atom stereocenters. The van der Waals surface area contributed by atoms with E-state index in [1.807, 2.05) is 0 Å². The van der Waals surface area contributed by atoms with Gasteiger partial charge in [-0.1, -0.05) is 15.9 Å². The molecule has 14 heavy (non-hydrogen) atoms. The highest BCUT2D eigenvalue weighted by molar-refractivity contribution is 9.10. The molecule has 2 rings (SSSR count). The van der Waals surface area contributed by atoms with Crippen LogP contribution < -0.4 is 5.73 Å². The largest absolute Gasteiger partial charge is 0.463 e. The van der Waals surface area contributed by atoms with Crippen LogP contribution in [-0.4, -0.2) is 21.0 Å². The van der Waals surface area contributed by atoms with Crippen molar-refractivity contribution in [3.8, 4) is 0 Å².